The second-order valence-electron chi connectivity index (χ2n) is 6.48. The lowest BCUT2D eigenvalue weighted by Crippen LogP contribution is -2.48. The van der Waals surface area contributed by atoms with Crippen molar-refractivity contribution in [3.05, 3.63) is 42.0 Å². The van der Waals surface area contributed by atoms with Crippen LogP contribution in [0.25, 0.3) is 10.8 Å². The van der Waals surface area contributed by atoms with E-state index in [1.807, 2.05) is 12.1 Å². The molecule has 1 amide bonds. The fraction of sp³-hybridized carbons (Fsp3) is 0.450. The van der Waals surface area contributed by atoms with Gasteiger partial charge >= 0.3 is 6.18 Å². The van der Waals surface area contributed by atoms with Crippen molar-refractivity contribution < 1.29 is 27.4 Å². The molecule has 0 spiro atoms. The van der Waals surface area contributed by atoms with Gasteiger partial charge in [-0.15, -0.1) is 0 Å². The van der Waals surface area contributed by atoms with Gasteiger partial charge in [0.1, 0.15) is 12.3 Å². The van der Waals surface area contributed by atoms with Gasteiger partial charge in [-0.05, 0) is 36.6 Å². The van der Waals surface area contributed by atoms with Crippen molar-refractivity contribution in [3.63, 3.8) is 0 Å². The molecule has 7 heteroatoms. The molecule has 0 aliphatic carbocycles. The van der Waals surface area contributed by atoms with E-state index in [4.69, 9.17) is 9.47 Å². The number of fused-ring (bicyclic) bond motifs is 1. The van der Waals surface area contributed by atoms with E-state index in [1.54, 1.807) is 31.2 Å². The third-order valence-electron chi connectivity index (χ3n) is 4.65. The van der Waals surface area contributed by atoms with Crippen LogP contribution < -0.4 is 4.74 Å². The van der Waals surface area contributed by atoms with Crippen LogP contribution in [0.1, 0.15) is 30.1 Å². The highest BCUT2D eigenvalue weighted by molar-refractivity contribution is 6.09. The number of carbonyl (C=O) groups is 1. The second-order valence-corrected chi connectivity index (χ2v) is 6.48. The minimum Gasteiger partial charge on any atom is -0.493 e. The van der Waals surface area contributed by atoms with Crippen molar-refractivity contribution in [2.45, 2.75) is 32.0 Å². The highest BCUT2D eigenvalue weighted by Crippen LogP contribution is 2.32. The van der Waals surface area contributed by atoms with Crippen molar-refractivity contribution in [2.75, 3.05) is 26.4 Å². The van der Waals surface area contributed by atoms with Crippen molar-refractivity contribution in [1.29, 1.82) is 0 Å². The Balaban J connectivity index is 2.07. The molecule has 1 aliphatic heterocycles. The number of carbonyl (C=O) groups excluding carboxylic acids is 1. The predicted octanol–water partition coefficient (Wildman–Crippen LogP) is 4.42. The largest absolute Gasteiger partial charge is 0.493 e. The summed E-state index contributed by atoms with van der Waals surface area (Å²) in [6, 6.07) is 10.1. The fourth-order valence-electron chi connectivity index (χ4n) is 3.45. The van der Waals surface area contributed by atoms with Crippen molar-refractivity contribution >= 4 is 16.7 Å². The summed E-state index contributed by atoms with van der Waals surface area (Å²) in [5, 5.41) is 1.37. The van der Waals surface area contributed by atoms with Gasteiger partial charge in [0.2, 0.25) is 0 Å². The summed E-state index contributed by atoms with van der Waals surface area (Å²) >= 11 is 0. The maximum absolute atomic E-state index is 13.3. The van der Waals surface area contributed by atoms with Gasteiger partial charge in [0, 0.05) is 19.3 Å². The van der Waals surface area contributed by atoms with E-state index in [0.717, 1.165) is 10.3 Å². The Morgan fingerprint density at radius 3 is 2.56 bits per heavy atom. The number of amides is 1. The number of rotatable bonds is 5. The first kappa shape index (κ1) is 19.5. The predicted molar refractivity (Wildman–Crippen MR) is 96.0 cm³/mol. The third-order valence-corrected chi connectivity index (χ3v) is 4.65. The molecule has 0 radical (unpaired) electrons. The van der Waals surface area contributed by atoms with Gasteiger partial charge in [0.15, 0.2) is 0 Å². The van der Waals surface area contributed by atoms with Crippen molar-refractivity contribution in [1.82, 2.24) is 4.90 Å². The Morgan fingerprint density at radius 1 is 1.19 bits per heavy atom. The molecular formula is C20H22F3NO3. The zero-order chi connectivity index (χ0) is 19.4. The Hall–Kier alpha value is -2.28. The molecule has 2 aromatic carbocycles. The van der Waals surface area contributed by atoms with Crippen LogP contribution in [0.5, 0.6) is 5.75 Å². The molecule has 0 atom stereocenters. The van der Waals surface area contributed by atoms with Gasteiger partial charge in [-0.2, -0.15) is 13.2 Å². The van der Waals surface area contributed by atoms with Gasteiger partial charge in [-0.25, -0.2) is 0 Å². The van der Waals surface area contributed by atoms with Crippen LogP contribution in [0.3, 0.4) is 0 Å². The molecule has 4 nitrogen and oxygen atoms in total. The summed E-state index contributed by atoms with van der Waals surface area (Å²) in [6.07, 6.45) is -3.71. The molecule has 1 saturated heterocycles. The summed E-state index contributed by atoms with van der Waals surface area (Å²) in [4.78, 5) is 14.3. The molecule has 27 heavy (non-hydrogen) atoms. The number of ether oxygens (including phenoxy) is 2. The van der Waals surface area contributed by atoms with Gasteiger partial charge in [0.25, 0.3) is 5.91 Å². The van der Waals surface area contributed by atoms with E-state index in [2.05, 4.69) is 0 Å². The zero-order valence-corrected chi connectivity index (χ0v) is 15.1. The maximum atomic E-state index is 13.3. The lowest BCUT2D eigenvalue weighted by molar-refractivity contribution is -0.147. The SMILES string of the molecule is CCOc1ccc2ccccc2c1C(=O)N(CC(F)(F)F)C1CCOCC1. The first-order valence-electron chi connectivity index (χ1n) is 9.00. The molecule has 2 aromatic rings. The molecule has 146 valence electrons. The topological polar surface area (TPSA) is 38.8 Å². The zero-order valence-electron chi connectivity index (χ0n) is 15.1. The molecule has 0 saturated carbocycles. The van der Waals surface area contributed by atoms with Crippen molar-refractivity contribution in [3.8, 4) is 5.75 Å². The van der Waals surface area contributed by atoms with Crippen LogP contribution in [0.2, 0.25) is 0 Å². The number of nitrogens with zero attached hydrogens (tertiary/aromatic N) is 1. The first-order chi connectivity index (χ1) is 12.9. The number of alkyl halides is 3. The first-order valence-corrected chi connectivity index (χ1v) is 9.00. The summed E-state index contributed by atoms with van der Waals surface area (Å²) in [5.41, 5.74) is 0.186. The van der Waals surface area contributed by atoms with E-state index in [9.17, 15) is 18.0 Å². The average Bonchev–Trinajstić information content (AvgIpc) is 2.66. The standard InChI is InChI=1S/C20H22F3NO3/c1-2-27-17-8-7-14-5-3-4-6-16(14)18(17)19(25)24(13-20(21,22)23)15-9-11-26-12-10-15/h3-8,15H,2,9-13H2,1H3. The van der Waals surface area contributed by atoms with Crippen LogP contribution in [0.15, 0.2) is 36.4 Å². The molecule has 0 bridgehead atoms. The Bertz CT molecular complexity index is 801. The van der Waals surface area contributed by atoms with Crippen LogP contribution >= 0.6 is 0 Å². The summed E-state index contributed by atoms with van der Waals surface area (Å²) < 4.78 is 50.6. The van der Waals surface area contributed by atoms with Crippen molar-refractivity contribution in [2.24, 2.45) is 0 Å². The van der Waals surface area contributed by atoms with E-state index in [1.165, 1.54) is 0 Å². The highest BCUT2D eigenvalue weighted by Gasteiger charge is 2.38. The van der Waals surface area contributed by atoms with Crippen LogP contribution in [0, 0.1) is 0 Å². The van der Waals surface area contributed by atoms with Crippen LogP contribution in [0.4, 0.5) is 13.2 Å². The van der Waals surface area contributed by atoms with E-state index in [0.29, 0.717) is 43.8 Å². The third kappa shape index (κ3) is 4.53. The monoisotopic (exact) mass is 381 g/mol. The molecule has 0 aromatic heterocycles. The van der Waals surface area contributed by atoms with Gasteiger partial charge in [-0.1, -0.05) is 30.3 Å². The van der Waals surface area contributed by atoms with E-state index >= 15 is 0 Å². The Labute approximate surface area is 155 Å². The summed E-state index contributed by atoms with van der Waals surface area (Å²) in [6.45, 7) is 1.50. The van der Waals surface area contributed by atoms with Gasteiger partial charge in [0.05, 0.1) is 12.2 Å². The molecule has 3 rings (SSSR count). The minimum atomic E-state index is -4.48. The molecule has 0 unspecified atom stereocenters. The molecule has 0 N–H and O–H groups in total. The lowest BCUT2D eigenvalue weighted by Gasteiger charge is -2.35. The molecule has 1 aliphatic rings. The second kappa shape index (κ2) is 8.17. The normalized spacial score (nSPS) is 15.7. The number of hydrogen-bond donors (Lipinski definition) is 0. The summed E-state index contributed by atoms with van der Waals surface area (Å²) in [7, 11) is 0. The van der Waals surface area contributed by atoms with E-state index < -0.39 is 24.7 Å². The Kier molecular flexibility index (Phi) is 5.89. The van der Waals surface area contributed by atoms with Gasteiger partial charge < -0.3 is 14.4 Å². The van der Waals surface area contributed by atoms with Gasteiger partial charge in [-0.3, -0.25) is 4.79 Å². The quantitative estimate of drug-likeness (QED) is 0.770. The highest BCUT2D eigenvalue weighted by atomic mass is 19.4. The number of halogens is 3. The lowest BCUT2D eigenvalue weighted by atomic mass is 10.00. The maximum Gasteiger partial charge on any atom is 0.406 e. The molecule has 1 heterocycles. The minimum absolute atomic E-state index is 0.186. The van der Waals surface area contributed by atoms with E-state index in [-0.39, 0.29) is 5.56 Å². The molecular weight excluding hydrogens is 359 g/mol. The van der Waals surface area contributed by atoms with Crippen LogP contribution in [-0.2, 0) is 4.74 Å². The number of benzene rings is 2. The average molecular weight is 381 g/mol. The Morgan fingerprint density at radius 2 is 1.89 bits per heavy atom. The fourth-order valence-corrected chi connectivity index (χ4v) is 3.45. The molecule has 1 fully saturated rings. The number of hydrogen-bond acceptors (Lipinski definition) is 3. The smallest absolute Gasteiger partial charge is 0.406 e. The van der Waals surface area contributed by atoms with Crippen LogP contribution in [-0.4, -0.2) is 49.4 Å². The summed E-state index contributed by atoms with van der Waals surface area (Å²) in [5.74, 6) is -0.347.